The third-order valence-corrected chi connectivity index (χ3v) is 5.31. The summed E-state index contributed by atoms with van der Waals surface area (Å²) in [6, 6.07) is 0. The van der Waals surface area contributed by atoms with E-state index < -0.39 is 23.8 Å². The lowest BCUT2D eigenvalue weighted by Gasteiger charge is -2.34. The fraction of sp³-hybridized carbons (Fsp3) is 0.462. The Balaban J connectivity index is 2.19. The molecule has 1 fully saturated rings. The van der Waals surface area contributed by atoms with E-state index in [1.165, 1.54) is 16.2 Å². The Morgan fingerprint density at radius 1 is 1.29 bits per heavy atom. The number of rotatable bonds is 3. The van der Waals surface area contributed by atoms with E-state index in [4.69, 9.17) is 21.8 Å². The lowest BCUT2D eigenvalue weighted by molar-refractivity contribution is -0.156. The number of thiophene rings is 1. The van der Waals surface area contributed by atoms with Crippen LogP contribution in [0, 0.1) is 18.8 Å². The topological polar surface area (TPSA) is 94.9 Å². The maximum Gasteiger partial charge on any atom is 0.309 e. The van der Waals surface area contributed by atoms with Crippen LogP contribution in [0.5, 0.6) is 0 Å². The number of nitrogens with zero attached hydrogens (tertiary/aromatic N) is 1. The van der Waals surface area contributed by atoms with Gasteiger partial charge in [-0.15, -0.1) is 11.3 Å². The van der Waals surface area contributed by atoms with Crippen molar-refractivity contribution in [3.63, 3.8) is 0 Å². The molecule has 2 N–H and O–H groups in total. The number of carbonyl (C=O) groups excluding carboxylic acids is 1. The lowest BCUT2D eigenvalue weighted by Crippen LogP contribution is -2.48. The van der Waals surface area contributed by atoms with Gasteiger partial charge in [-0.1, -0.05) is 11.6 Å². The van der Waals surface area contributed by atoms with Crippen molar-refractivity contribution in [2.75, 3.05) is 13.1 Å². The Morgan fingerprint density at radius 2 is 1.90 bits per heavy atom. The molecule has 1 aromatic rings. The molecule has 2 unspecified atom stereocenters. The third-order valence-electron chi connectivity index (χ3n) is 3.63. The second-order valence-electron chi connectivity index (χ2n) is 4.99. The number of piperidine rings is 1. The molecular weight excluding hydrogens is 318 g/mol. The van der Waals surface area contributed by atoms with Crippen molar-refractivity contribution in [3.05, 3.63) is 20.8 Å². The van der Waals surface area contributed by atoms with Gasteiger partial charge in [0.05, 0.1) is 16.9 Å². The van der Waals surface area contributed by atoms with Gasteiger partial charge < -0.3 is 15.1 Å². The molecule has 1 saturated heterocycles. The minimum Gasteiger partial charge on any atom is -0.481 e. The standard InChI is InChI=1S/C13H14ClNO5S/c1-6-5-21-10(9(6)14)11(16)15-3-2-7(12(17)18)8(4-15)13(19)20/h5,7-8H,2-4H2,1H3,(H,17,18)(H,19,20). The summed E-state index contributed by atoms with van der Waals surface area (Å²) in [7, 11) is 0. The van der Waals surface area contributed by atoms with Gasteiger partial charge in [-0.2, -0.15) is 0 Å². The SMILES string of the molecule is Cc1csc(C(=O)N2CCC(C(=O)O)C(C(=O)O)C2)c1Cl. The quantitative estimate of drug-likeness (QED) is 0.882. The van der Waals surface area contributed by atoms with E-state index in [2.05, 4.69) is 0 Å². The summed E-state index contributed by atoms with van der Waals surface area (Å²) < 4.78 is 0. The van der Waals surface area contributed by atoms with E-state index in [0.29, 0.717) is 9.90 Å². The van der Waals surface area contributed by atoms with Crippen molar-refractivity contribution in [2.24, 2.45) is 11.8 Å². The van der Waals surface area contributed by atoms with Crippen molar-refractivity contribution in [1.29, 1.82) is 0 Å². The molecule has 0 spiro atoms. The molecule has 2 heterocycles. The normalized spacial score (nSPS) is 22.1. The number of aliphatic carboxylic acids is 2. The summed E-state index contributed by atoms with van der Waals surface area (Å²) in [5.41, 5.74) is 0.792. The minimum atomic E-state index is -1.20. The number of aryl methyl sites for hydroxylation is 1. The van der Waals surface area contributed by atoms with Crippen LogP contribution in [-0.2, 0) is 9.59 Å². The molecular formula is C13H14ClNO5S. The molecule has 0 saturated carbocycles. The summed E-state index contributed by atoms with van der Waals surface area (Å²) >= 11 is 7.26. The fourth-order valence-corrected chi connectivity index (χ4v) is 3.64. The molecule has 1 aliphatic heterocycles. The first-order chi connectivity index (χ1) is 9.82. The molecule has 0 radical (unpaired) electrons. The van der Waals surface area contributed by atoms with Gasteiger partial charge in [0.25, 0.3) is 5.91 Å². The minimum absolute atomic E-state index is 0.113. The largest absolute Gasteiger partial charge is 0.481 e. The zero-order valence-corrected chi connectivity index (χ0v) is 12.8. The number of carboxylic acids is 2. The number of carboxylic acid groups (broad SMARTS) is 2. The molecule has 8 heteroatoms. The van der Waals surface area contributed by atoms with Gasteiger partial charge in [0.15, 0.2) is 0 Å². The highest BCUT2D eigenvalue weighted by atomic mass is 35.5. The molecule has 1 aliphatic rings. The molecule has 1 aromatic heterocycles. The monoisotopic (exact) mass is 331 g/mol. The van der Waals surface area contributed by atoms with Gasteiger partial charge in [0.2, 0.25) is 0 Å². The van der Waals surface area contributed by atoms with Crippen LogP contribution in [0.3, 0.4) is 0 Å². The van der Waals surface area contributed by atoms with Gasteiger partial charge in [0, 0.05) is 13.1 Å². The summed E-state index contributed by atoms with van der Waals surface area (Å²) in [6.07, 6.45) is 0.125. The van der Waals surface area contributed by atoms with Crippen LogP contribution in [0.1, 0.15) is 21.7 Å². The first-order valence-corrected chi connectivity index (χ1v) is 7.57. The second-order valence-corrected chi connectivity index (χ2v) is 6.25. The first kappa shape index (κ1) is 15.8. The predicted molar refractivity (Wildman–Crippen MR) is 76.8 cm³/mol. The highest BCUT2D eigenvalue weighted by molar-refractivity contribution is 7.13. The third kappa shape index (κ3) is 3.03. The van der Waals surface area contributed by atoms with E-state index in [1.54, 1.807) is 12.3 Å². The van der Waals surface area contributed by atoms with Crippen molar-refractivity contribution in [3.8, 4) is 0 Å². The van der Waals surface area contributed by atoms with Crippen molar-refractivity contribution >= 4 is 40.8 Å². The maximum absolute atomic E-state index is 12.4. The lowest BCUT2D eigenvalue weighted by atomic mass is 9.85. The Hall–Kier alpha value is -1.60. The van der Waals surface area contributed by atoms with Crippen LogP contribution in [0.15, 0.2) is 5.38 Å². The molecule has 1 amide bonds. The fourth-order valence-electron chi connectivity index (χ4n) is 2.40. The number of halogens is 1. The number of amides is 1. The predicted octanol–water partition coefficient (Wildman–Crippen LogP) is 1.96. The molecule has 21 heavy (non-hydrogen) atoms. The number of carbonyl (C=O) groups is 3. The van der Waals surface area contributed by atoms with Crippen molar-refractivity contribution in [2.45, 2.75) is 13.3 Å². The van der Waals surface area contributed by atoms with Crippen LogP contribution in [0.2, 0.25) is 5.02 Å². The Kier molecular flexibility index (Phi) is 4.53. The summed E-state index contributed by atoms with van der Waals surface area (Å²) in [5.74, 6) is -4.74. The van der Waals surface area contributed by atoms with Crippen LogP contribution in [0.4, 0.5) is 0 Å². The highest BCUT2D eigenvalue weighted by Crippen LogP contribution is 2.31. The second kappa shape index (κ2) is 6.03. The average molecular weight is 332 g/mol. The summed E-state index contributed by atoms with van der Waals surface area (Å²) in [6.45, 7) is 1.89. The molecule has 6 nitrogen and oxygen atoms in total. The molecule has 0 aliphatic carbocycles. The zero-order valence-electron chi connectivity index (χ0n) is 11.2. The van der Waals surface area contributed by atoms with Gasteiger partial charge >= 0.3 is 11.9 Å². The molecule has 2 rings (SSSR count). The van der Waals surface area contributed by atoms with Crippen LogP contribution < -0.4 is 0 Å². The van der Waals surface area contributed by atoms with E-state index in [9.17, 15) is 14.4 Å². The smallest absolute Gasteiger partial charge is 0.309 e. The Labute approximate surface area is 129 Å². The van der Waals surface area contributed by atoms with E-state index in [-0.39, 0.29) is 25.4 Å². The van der Waals surface area contributed by atoms with Gasteiger partial charge in [-0.25, -0.2) is 0 Å². The van der Waals surface area contributed by atoms with Crippen molar-refractivity contribution < 1.29 is 24.6 Å². The van der Waals surface area contributed by atoms with Gasteiger partial charge in [-0.05, 0) is 24.3 Å². The van der Waals surface area contributed by atoms with Crippen LogP contribution in [0.25, 0.3) is 0 Å². The van der Waals surface area contributed by atoms with E-state index in [1.807, 2.05) is 0 Å². The van der Waals surface area contributed by atoms with E-state index in [0.717, 1.165) is 5.56 Å². The molecule has 0 aromatic carbocycles. The Bertz CT molecular complexity index is 599. The zero-order chi connectivity index (χ0) is 15.7. The summed E-state index contributed by atoms with van der Waals surface area (Å²) in [4.78, 5) is 36.4. The average Bonchev–Trinajstić information content (AvgIpc) is 2.77. The first-order valence-electron chi connectivity index (χ1n) is 6.31. The molecule has 2 atom stereocenters. The number of likely N-dealkylation sites (tertiary alicyclic amines) is 1. The van der Waals surface area contributed by atoms with Crippen LogP contribution >= 0.6 is 22.9 Å². The number of hydrogen-bond donors (Lipinski definition) is 2. The maximum atomic E-state index is 12.4. The van der Waals surface area contributed by atoms with Gasteiger partial charge in [0.1, 0.15) is 4.88 Å². The van der Waals surface area contributed by atoms with Gasteiger partial charge in [-0.3, -0.25) is 14.4 Å². The van der Waals surface area contributed by atoms with Crippen molar-refractivity contribution in [1.82, 2.24) is 4.90 Å². The summed E-state index contributed by atoms with van der Waals surface area (Å²) in [5, 5.41) is 20.4. The van der Waals surface area contributed by atoms with E-state index >= 15 is 0 Å². The molecule has 114 valence electrons. The highest BCUT2D eigenvalue weighted by Gasteiger charge is 2.40. The molecule has 0 bridgehead atoms. The van der Waals surface area contributed by atoms with Crippen LogP contribution in [-0.4, -0.2) is 46.0 Å². The Morgan fingerprint density at radius 3 is 2.38 bits per heavy atom. The number of hydrogen-bond acceptors (Lipinski definition) is 4.